The van der Waals surface area contributed by atoms with Crippen LogP contribution in [0.1, 0.15) is 26.2 Å². The van der Waals surface area contributed by atoms with Gasteiger partial charge in [-0.15, -0.1) is 0 Å². The summed E-state index contributed by atoms with van der Waals surface area (Å²) in [6, 6.07) is 9.73. The number of piperidine rings is 1. The lowest BCUT2D eigenvalue weighted by molar-refractivity contribution is -0.130. The Bertz CT molecular complexity index is 585. The van der Waals surface area contributed by atoms with Gasteiger partial charge in [-0.1, -0.05) is 18.2 Å². The minimum Gasteiger partial charge on any atom is -0.410 e. The average Bonchev–Trinajstić information content (AvgIpc) is 2.89. The summed E-state index contributed by atoms with van der Waals surface area (Å²) in [5, 5.41) is 0. The first kappa shape index (κ1) is 17.7. The number of likely N-dealkylation sites (tertiary alicyclic amines) is 1. The molecule has 0 spiro atoms. The summed E-state index contributed by atoms with van der Waals surface area (Å²) in [5.41, 5.74) is 0. The second kappa shape index (κ2) is 8.34. The van der Waals surface area contributed by atoms with Crippen LogP contribution >= 0.6 is 0 Å². The lowest BCUT2D eigenvalue weighted by atomic mass is 10.0. The van der Waals surface area contributed by atoms with E-state index in [1.807, 2.05) is 23.1 Å². The summed E-state index contributed by atoms with van der Waals surface area (Å²) in [4.78, 5) is 30.0. The maximum atomic E-state index is 12.4. The van der Waals surface area contributed by atoms with E-state index in [1.54, 1.807) is 24.0 Å². The zero-order chi connectivity index (χ0) is 17.6. The molecule has 2 heterocycles. The third kappa shape index (κ3) is 4.72. The Labute approximate surface area is 149 Å². The fourth-order valence-corrected chi connectivity index (χ4v) is 3.68. The molecular weight excluding hydrogens is 318 g/mol. The molecule has 0 aromatic heterocycles. The quantitative estimate of drug-likeness (QED) is 0.825. The molecule has 1 aromatic carbocycles. The van der Waals surface area contributed by atoms with Crippen LogP contribution in [0.3, 0.4) is 0 Å². The molecular formula is C19H27N3O3. The molecule has 0 bridgehead atoms. The van der Waals surface area contributed by atoms with Crippen LogP contribution in [0.2, 0.25) is 0 Å². The summed E-state index contributed by atoms with van der Waals surface area (Å²) in [7, 11) is 0. The first-order valence-corrected chi connectivity index (χ1v) is 9.15. The van der Waals surface area contributed by atoms with Crippen LogP contribution in [0.15, 0.2) is 30.3 Å². The molecule has 0 aliphatic carbocycles. The number of para-hydroxylation sites is 1. The van der Waals surface area contributed by atoms with Crippen molar-refractivity contribution in [2.45, 2.75) is 32.2 Å². The molecule has 0 atom stereocenters. The van der Waals surface area contributed by atoms with Crippen molar-refractivity contribution >= 4 is 12.0 Å². The van der Waals surface area contributed by atoms with Crippen LogP contribution in [0.4, 0.5) is 4.79 Å². The number of benzene rings is 1. The Morgan fingerprint density at radius 2 is 1.64 bits per heavy atom. The Morgan fingerprint density at radius 1 is 0.920 bits per heavy atom. The van der Waals surface area contributed by atoms with Crippen LogP contribution in [0, 0.1) is 0 Å². The van der Waals surface area contributed by atoms with Crippen molar-refractivity contribution in [2.75, 3.05) is 39.3 Å². The molecule has 25 heavy (non-hydrogen) atoms. The second-order valence-electron chi connectivity index (χ2n) is 6.79. The molecule has 2 saturated heterocycles. The number of nitrogens with zero attached hydrogens (tertiary/aromatic N) is 3. The monoisotopic (exact) mass is 345 g/mol. The number of amides is 2. The minimum absolute atomic E-state index is 0.171. The van der Waals surface area contributed by atoms with E-state index in [-0.39, 0.29) is 12.0 Å². The highest BCUT2D eigenvalue weighted by molar-refractivity contribution is 5.73. The molecule has 2 aliphatic heterocycles. The molecule has 0 N–H and O–H groups in total. The highest BCUT2D eigenvalue weighted by Crippen LogP contribution is 2.19. The largest absolute Gasteiger partial charge is 0.415 e. The predicted molar refractivity (Wildman–Crippen MR) is 95.5 cm³/mol. The summed E-state index contributed by atoms with van der Waals surface area (Å²) in [6.45, 7) is 6.62. The van der Waals surface area contributed by atoms with E-state index in [2.05, 4.69) is 4.90 Å². The number of carbonyl (C=O) groups excluding carboxylic acids is 2. The van der Waals surface area contributed by atoms with E-state index in [1.165, 1.54) is 0 Å². The van der Waals surface area contributed by atoms with Gasteiger partial charge in [-0.3, -0.25) is 9.69 Å². The topological polar surface area (TPSA) is 53.1 Å². The second-order valence-corrected chi connectivity index (χ2v) is 6.79. The van der Waals surface area contributed by atoms with Crippen LogP contribution in [0.5, 0.6) is 5.75 Å². The van der Waals surface area contributed by atoms with Gasteiger partial charge in [-0.25, -0.2) is 4.79 Å². The number of rotatable bonds is 2. The molecule has 0 radical (unpaired) electrons. The van der Waals surface area contributed by atoms with Crippen LogP contribution < -0.4 is 4.74 Å². The molecule has 136 valence electrons. The molecule has 6 heteroatoms. The highest BCUT2D eigenvalue weighted by atomic mass is 16.6. The molecule has 6 nitrogen and oxygen atoms in total. The number of ether oxygens (including phenoxy) is 1. The van der Waals surface area contributed by atoms with Crippen molar-refractivity contribution in [2.24, 2.45) is 0 Å². The van der Waals surface area contributed by atoms with E-state index in [0.29, 0.717) is 18.3 Å². The van der Waals surface area contributed by atoms with Gasteiger partial charge in [0.2, 0.25) is 5.91 Å². The van der Waals surface area contributed by atoms with Crippen LogP contribution in [-0.2, 0) is 4.79 Å². The van der Waals surface area contributed by atoms with Crippen molar-refractivity contribution in [3.63, 3.8) is 0 Å². The number of carbonyl (C=O) groups is 2. The molecule has 0 saturated carbocycles. The summed E-state index contributed by atoms with van der Waals surface area (Å²) < 4.78 is 5.45. The third-order valence-corrected chi connectivity index (χ3v) is 5.16. The zero-order valence-corrected chi connectivity index (χ0v) is 14.9. The molecule has 2 fully saturated rings. The van der Waals surface area contributed by atoms with Gasteiger partial charge < -0.3 is 14.5 Å². The standard InChI is InChI=1S/C19H27N3O3/c1-16(23)20-12-8-17(9-13-20)21-10-5-11-22(15-14-21)19(24)25-18-6-3-2-4-7-18/h2-4,6-7,17H,5,8-15H2,1H3. The van der Waals surface area contributed by atoms with E-state index in [4.69, 9.17) is 4.74 Å². The summed E-state index contributed by atoms with van der Waals surface area (Å²) in [5.74, 6) is 0.759. The van der Waals surface area contributed by atoms with Crippen molar-refractivity contribution in [3.8, 4) is 5.75 Å². The normalized spacial score (nSPS) is 20.2. The van der Waals surface area contributed by atoms with Gasteiger partial charge in [0.1, 0.15) is 5.75 Å². The molecule has 2 amide bonds. The van der Waals surface area contributed by atoms with E-state index in [0.717, 1.165) is 52.0 Å². The Hall–Kier alpha value is -2.08. The minimum atomic E-state index is -0.264. The first-order chi connectivity index (χ1) is 12.1. The molecule has 2 aliphatic rings. The van der Waals surface area contributed by atoms with Gasteiger partial charge in [0.25, 0.3) is 0 Å². The maximum absolute atomic E-state index is 12.4. The first-order valence-electron chi connectivity index (χ1n) is 9.15. The lowest BCUT2D eigenvalue weighted by Gasteiger charge is -2.37. The van der Waals surface area contributed by atoms with Crippen molar-refractivity contribution < 1.29 is 14.3 Å². The van der Waals surface area contributed by atoms with Gasteiger partial charge in [0.15, 0.2) is 0 Å². The summed E-state index contributed by atoms with van der Waals surface area (Å²) >= 11 is 0. The third-order valence-electron chi connectivity index (χ3n) is 5.16. The fraction of sp³-hybridized carbons (Fsp3) is 0.579. The van der Waals surface area contributed by atoms with Gasteiger partial charge in [0, 0.05) is 52.2 Å². The molecule has 3 rings (SSSR count). The average molecular weight is 345 g/mol. The van der Waals surface area contributed by atoms with Crippen LogP contribution in [-0.4, -0.2) is 72.0 Å². The van der Waals surface area contributed by atoms with Crippen molar-refractivity contribution in [3.05, 3.63) is 30.3 Å². The van der Waals surface area contributed by atoms with Gasteiger partial charge in [-0.05, 0) is 31.4 Å². The fourth-order valence-electron chi connectivity index (χ4n) is 3.68. The number of hydrogen-bond donors (Lipinski definition) is 0. The Kier molecular flexibility index (Phi) is 5.91. The van der Waals surface area contributed by atoms with Crippen molar-refractivity contribution in [1.82, 2.24) is 14.7 Å². The van der Waals surface area contributed by atoms with Gasteiger partial charge >= 0.3 is 6.09 Å². The van der Waals surface area contributed by atoms with Crippen LogP contribution in [0.25, 0.3) is 0 Å². The van der Waals surface area contributed by atoms with E-state index in [9.17, 15) is 9.59 Å². The molecule has 1 aromatic rings. The van der Waals surface area contributed by atoms with E-state index < -0.39 is 0 Å². The smallest absolute Gasteiger partial charge is 0.410 e. The Morgan fingerprint density at radius 3 is 2.32 bits per heavy atom. The lowest BCUT2D eigenvalue weighted by Crippen LogP contribution is -2.47. The summed E-state index contributed by atoms with van der Waals surface area (Å²) in [6.07, 6.45) is 2.73. The predicted octanol–water partition coefficient (Wildman–Crippen LogP) is 2.20. The van der Waals surface area contributed by atoms with Crippen molar-refractivity contribution in [1.29, 1.82) is 0 Å². The molecule has 0 unspecified atom stereocenters. The SMILES string of the molecule is CC(=O)N1CCC(N2CCCN(C(=O)Oc3ccccc3)CC2)CC1. The van der Waals surface area contributed by atoms with Gasteiger partial charge in [-0.2, -0.15) is 0 Å². The maximum Gasteiger partial charge on any atom is 0.415 e. The zero-order valence-electron chi connectivity index (χ0n) is 14.9. The van der Waals surface area contributed by atoms with Gasteiger partial charge in [0.05, 0.1) is 0 Å². The van der Waals surface area contributed by atoms with E-state index >= 15 is 0 Å². The number of hydrogen-bond acceptors (Lipinski definition) is 4. The Balaban J connectivity index is 1.49. The highest BCUT2D eigenvalue weighted by Gasteiger charge is 2.28.